The number of aliphatic hydroxyl groups is 1. The Balaban J connectivity index is 2.87. The zero-order valence-corrected chi connectivity index (χ0v) is 12.3. The van der Waals surface area contributed by atoms with Crippen LogP contribution in [0.15, 0.2) is 22.0 Å². The van der Waals surface area contributed by atoms with Crippen LogP contribution in [0.4, 0.5) is 0 Å². The second kappa shape index (κ2) is 6.04. The lowest BCUT2D eigenvalue weighted by atomic mass is 9.90. The van der Waals surface area contributed by atoms with Gasteiger partial charge < -0.3 is 10.1 Å². The fourth-order valence-corrected chi connectivity index (χ4v) is 2.83. The van der Waals surface area contributed by atoms with E-state index in [4.69, 9.17) is 16.7 Å². The predicted octanol–water partition coefficient (Wildman–Crippen LogP) is 0.715. The SMILES string of the molecule is CC(C)(CCO)CNS(=O)(=O)c1c[nH]c(=O)c(Cl)c1. The van der Waals surface area contributed by atoms with Crippen LogP contribution in [0.5, 0.6) is 0 Å². The molecule has 1 aromatic rings. The van der Waals surface area contributed by atoms with Crippen molar-refractivity contribution in [2.45, 2.75) is 25.2 Å². The maximum absolute atomic E-state index is 12.0. The van der Waals surface area contributed by atoms with E-state index in [1.807, 2.05) is 13.8 Å². The molecule has 0 aromatic carbocycles. The van der Waals surface area contributed by atoms with Crippen LogP contribution < -0.4 is 10.3 Å². The maximum atomic E-state index is 12.0. The first-order chi connectivity index (χ1) is 8.68. The molecule has 1 heterocycles. The first kappa shape index (κ1) is 16.2. The molecule has 0 saturated heterocycles. The Hall–Kier alpha value is -0.890. The van der Waals surface area contributed by atoms with Crippen LogP contribution in [0.2, 0.25) is 5.02 Å². The van der Waals surface area contributed by atoms with Crippen LogP contribution in [0.1, 0.15) is 20.3 Å². The monoisotopic (exact) mass is 308 g/mol. The molecule has 19 heavy (non-hydrogen) atoms. The van der Waals surface area contributed by atoms with E-state index in [1.165, 1.54) is 0 Å². The van der Waals surface area contributed by atoms with Gasteiger partial charge in [-0.3, -0.25) is 4.79 Å². The molecule has 6 nitrogen and oxygen atoms in total. The lowest BCUT2D eigenvalue weighted by Gasteiger charge is -2.23. The summed E-state index contributed by atoms with van der Waals surface area (Å²) in [6.45, 7) is 3.84. The van der Waals surface area contributed by atoms with Gasteiger partial charge >= 0.3 is 0 Å². The number of hydrogen-bond acceptors (Lipinski definition) is 4. The van der Waals surface area contributed by atoms with Crippen LogP contribution in [-0.4, -0.2) is 31.7 Å². The normalized spacial score (nSPS) is 12.6. The molecule has 0 fully saturated rings. The fourth-order valence-electron chi connectivity index (χ4n) is 1.36. The molecular weight excluding hydrogens is 292 g/mol. The number of sulfonamides is 1. The van der Waals surface area contributed by atoms with Gasteiger partial charge in [-0.1, -0.05) is 25.4 Å². The lowest BCUT2D eigenvalue weighted by Crippen LogP contribution is -2.34. The van der Waals surface area contributed by atoms with E-state index < -0.39 is 15.6 Å². The molecule has 1 rings (SSSR count). The number of pyridine rings is 1. The van der Waals surface area contributed by atoms with Gasteiger partial charge in [0.2, 0.25) is 10.0 Å². The van der Waals surface area contributed by atoms with Crippen molar-refractivity contribution in [1.82, 2.24) is 9.71 Å². The first-order valence-electron chi connectivity index (χ1n) is 5.67. The van der Waals surface area contributed by atoms with Crippen LogP contribution in [-0.2, 0) is 10.0 Å². The van der Waals surface area contributed by atoms with Gasteiger partial charge in [-0.15, -0.1) is 0 Å². The largest absolute Gasteiger partial charge is 0.396 e. The van der Waals surface area contributed by atoms with E-state index in [9.17, 15) is 13.2 Å². The quantitative estimate of drug-likeness (QED) is 0.721. The molecule has 0 spiro atoms. The average molecular weight is 309 g/mol. The molecule has 0 aliphatic rings. The van der Waals surface area contributed by atoms with E-state index in [-0.39, 0.29) is 28.5 Å². The summed E-state index contributed by atoms with van der Waals surface area (Å²) < 4.78 is 26.4. The maximum Gasteiger partial charge on any atom is 0.266 e. The molecule has 0 atom stereocenters. The summed E-state index contributed by atoms with van der Waals surface area (Å²) in [6, 6.07) is 1.10. The molecule has 108 valence electrons. The molecule has 0 amide bonds. The fraction of sp³-hybridized carbons (Fsp3) is 0.545. The number of halogens is 1. The summed E-state index contributed by atoms with van der Waals surface area (Å²) in [5, 5.41) is 8.70. The van der Waals surface area contributed by atoms with Crippen molar-refractivity contribution in [3.8, 4) is 0 Å². The van der Waals surface area contributed by atoms with Crippen LogP contribution in [0.3, 0.4) is 0 Å². The third-order valence-corrected chi connectivity index (χ3v) is 4.33. The minimum Gasteiger partial charge on any atom is -0.396 e. The summed E-state index contributed by atoms with van der Waals surface area (Å²) in [5.74, 6) is 0. The highest BCUT2D eigenvalue weighted by atomic mass is 35.5. The van der Waals surface area contributed by atoms with E-state index in [1.54, 1.807) is 0 Å². The molecule has 0 unspecified atom stereocenters. The van der Waals surface area contributed by atoms with Gasteiger partial charge in [0.05, 0.1) is 4.90 Å². The molecule has 8 heteroatoms. The van der Waals surface area contributed by atoms with Crippen molar-refractivity contribution < 1.29 is 13.5 Å². The van der Waals surface area contributed by atoms with Gasteiger partial charge in [0, 0.05) is 19.3 Å². The zero-order valence-electron chi connectivity index (χ0n) is 10.7. The van der Waals surface area contributed by atoms with E-state index in [2.05, 4.69) is 9.71 Å². The molecular formula is C11H17ClN2O4S. The average Bonchev–Trinajstić information content (AvgIpc) is 2.30. The van der Waals surface area contributed by atoms with Gasteiger partial charge in [-0.05, 0) is 17.9 Å². The molecule has 0 aliphatic heterocycles. The lowest BCUT2D eigenvalue weighted by molar-refractivity contribution is 0.213. The summed E-state index contributed by atoms with van der Waals surface area (Å²) in [5.41, 5.74) is -0.908. The Bertz CT molecular complexity index is 595. The molecule has 3 N–H and O–H groups in total. The second-order valence-electron chi connectivity index (χ2n) is 4.97. The number of aromatic nitrogens is 1. The number of aliphatic hydroxyl groups excluding tert-OH is 1. The zero-order chi connectivity index (χ0) is 14.7. The molecule has 0 aliphatic carbocycles. The predicted molar refractivity (Wildman–Crippen MR) is 72.7 cm³/mol. The van der Waals surface area contributed by atoms with Gasteiger partial charge in [0.1, 0.15) is 5.02 Å². The summed E-state index contributed by atoms with van der Waals surface area (Å²) in [4.78, 5) is 13.2. The highest BCUT2D eigenvalue weighted by molar-refractivity contribution is 7.89. The van der Waals surface area contributed by atoms with Crippen molar-refractivity contribution in [3.63, 3.8) is 0 Å². The van der Waals surface area contributed by atoms with Gasteiger partial charge in [-0.25, -0.2) is 13.1 Å². The van der Waals surface area contributed by atoms with Crippen molar-refractivity contribution in [2.24, 2.45) is 5.41 Å². The third-order valence-electron chi connectivity index (χ3n) is 2.67. The van der Waals surface area contributed by atoms with Crippen LogP contribution in [0.25, 0.3) is 0 Å². The smallest absolute Gasteiger partial charge is 0.266 e. The Kier molecular flexibility index (Phi) is 5.14. The minimum absolute atomic E-state index is 0.0147. The third kappa shape index (κ3) is 4.61. The first-order valence-corrected chi connectivity index (χ1v) is 7.53. The topological polar surface area (TPSA) is 99.3 Å². The molecule has 0 bridgehead atoms. The summed E-state index contributed by atoms with van der Waals surface area (Å²) >= 11 is 5.59. The molecule has 0 saturated carbocycles. The Morgan fingerprint density at radius 2 is 2.11 bits per heavy atom. The Labute approximate surface area is 116 Å². The minimum atomic E-state index is -3.74. The molecule has 0 radical (unpaired) electrons. The highest BCUT2D eigenvalue weighted by Gasteiger charge is 2.22. The second-order valence-corrected chi connectivity index (χ2v) is 7.15. The van der Waals surface area contributed by atoms with E-state index in [0.29, 0.717) is 6.42 Å². The number of hydrogen-bond donors (Lipinski definition) is 3. The Morgan fingerprint density at radius 3 is 2.63 bits per heavy atom. The highest BCUT2D eigenvalue weighted by Crippen LogP contribution is 2.19. The summed E-state index contributed by atoms with van der Waals surface area (Å²) in [6.07, 6.45) is 1.57. The van der Waals surface area contributed by atoms with Crippen molar-refractivity contribution in [2.75, 3.05) is 13.2 Å². The number of aromatic amines is 1. The molecule has 1 aromatic heterocycles. The van der Waals surface area contributed by atoms with Crippen molar-refractivity contribution >= 4 is 21.6 Å². The number of rotatable bonds is 6. The van der Waals surface area contributed by atoms with Gasteiger partial charge in [0.15, 0.2) is 0 Å². The van der Waals surface area contributed by atoms with Crippen LogP contribution >= 0.6 is 11.6 Å². The van der Waals surface area contributed by atoms with Crippen molar-refractivity contribution in [1.29, 1.82) is 0 Å². The van der Waals surface area contributed by atoms with Crippen LogP contribution in [0, 0.1) is 5.41 Å². The number of H-pyrrole nitrogens is 1. The van der Waals surface area contributed by atoms with Gasteiger partial charge in [0.25, 0.3) is 5.56 Å². The van der Waals surface area contributed by atoms with E-state index in [0.717, 1.165) is 12.3 Å². The number of nitrogens with one attached hydrogen (secondary N) is 2. The van der Waals surface area contributed by atoms with E-state index >= 15 is 0 Å². The summed E-state index contributed by atoms with van der Waals surface area (Å²) in [7, 11) is -3.74. The van der Waals surface area contributed by atoms with Crippen molar-refractivity contribution in [3.05, 3.63) is 27.6 Å². The Morgan fingerprint density at radius 1 is 1.47 bits per heavy atom. The standard InChI is InChI=1S/C11H17ClN2O4S/c1-11(2,3-4-15)7-14-19(17,18)8-5-9(12)10(16)13-6-8/h5-6,14-15H,3-4,7H2,1-2H3,(H,13,16). The van der Waals surface area contributed by atoms with Gasteiger partial charge in [-0.2, -0.15) is 0 Å².